The third-order valence-corrected chi connectivity index (χ3v) is 6.09. The molecule has 0 saturated carbocycles. The van der Waals surface area contributed by atoms with E-state index < -0.39 is 10.0 Å². The van der Waals surface area contributed by atoms with Crippen molar-refractivity contribution in [3.8, 4) is 11.8 Å². The number of fused-ring (bicyclic) bond motifs is 1. The van der Waals surface area contributed by atoms with E-state index in [1.807, 2.05) is 0 Å². The molecule has 2 aliphatic heterocycles. The quantitative estimate of drug-likeness (QED) is 0.835. The van der Waals surface area contributed by atoms with Crippen LogP contribution in [0, 0.1) is 17.2 Å². The molecule has 1 aromatic rings. The number of ether oxygens (including phenoxy) is 1. The van der Waals surface area contributed by atoms with Gasteiger partial charge in [-0.05, 0) is 25.0 Å². The zero-order valence-corrected chi connectivity index (χ0v) is 13.0. The molecular formula is C14H15ClN2O3S. The largest absolute Gasteiger partial charge is 0.492 e. The Labute approximate surface area is 129 Å². The lowest BCUT2D eigenvalue weighted by Crippen LogP contribution is -2.38. The summed E-state index contributed by atoms with van der Waals surface area (Å²) >= 11 is 6.04. The van der Waals surface area contributed by atoms with E-state index in [4.69, 9.17) is 21.6 Å². The molecule has 1 saturated heterocycles. The highest BCUT2D eigenvalue weighted by Crippen LogP contribution is 2.37. The van der Waals surface area contributed by atoms with E-state index in [-0.39, 0.29) is 10.8 Å². The van der Waals surface area contributed by atoms with E-state index in [1.54, 1.807) is 6.07 Å². The first-order chi connectivity index (χ1) is 10.0. The first-order valence-corrected chi connectivity index (χ1v) is 8.69. The van der Waals surface area contributed by atoms with E-state index in [0.717, 1.165) is 5.56 Å². The highest BCUT2D eigenvalue weighted by atomic mass is 35.5. The molecule has 3 rings (SSSR count). The van der Waals surface area contributed by atoms with Crippen LogP contribution in [0.4, 0.5) is 0 Å². The van der Waals surface area contributed by atoms with Crippen LogP contribution in [0.1, 0.15) is 18.4 Å². The van der Waals surface area contributed by atoms with Crippen LogP contribution in [0.2, 0.25) is 5.02 Å². The van der Waals surface area contributed by atoms with Gasteiger partial charge in [-0.25, -0.2) is 8.42 Å². The van der Waals surface area contributed by atoms with Crippen molar-refractivity contribution in [2.45, 2.75) is 24.2 Å². The van der Waals surface area contributed by atoms with Gasteiger partial charge in [0.1, 0.15) is 10.6 Å². The predicted molar refractivity (Wildman–Crippen MR) is 77.7 cm³/mol. The van der Waals surface area contributed by atoms with Gasteiger partial charge in [0.15, 0.2) is 0 Å². The Hall–Kier alpha value is -1.29. The third-order valence-electron chi connectivity index (χ3n) is 3.97. The van der Waals surface area contributed by atoms with E-state index in [1.165, 1.54) is 10.4 Å². The lowest BCUT2D eigenvalue weighted by molar-refractivity contribution is 0.306. The molecule has 5 nitrogen and oxygen atoms in total. The summed E-state index contributed by atoms with van der Waals surface area (Å²) in [5.41, 5.74) is 0.841. The van der Waals surface area contributed by atoms with Crippen molar-refractivity contribution in [1.29, 1.82) is 5.26 Å². The molecule has 0 spiro atoms. The number of sulfonamides is 1. The van der Waals surface area contributed by atoms with Crippen molar-refractivity contribution < 1.29 is 13.2 Å². The van der Waals surface area contributed by atoms with Crippen molar-refractivity contribution >= 4 is 21.6 Å². The molecule has 1 fully saturated rings. The summed E-state index contributed by atoms with van der Waals surface area (Å²) in [7, 11) is -3.63. The fraction of sp³-hybridized carbons (Fsp3) is 0.500. The van der Waals surface area contributed by atoms with Gasteiger partial charge in [0.2, 0.25) is 10.0 Å². The topological polar surface area (TPSA) is 70.4 Å². The van der Waals surface area contributed by atoms with Gasteiger partial charge in [0.25, 0.3) is 0 Å². The average molecular weight is 327 g/mol. The molecule has 0 aromatic heterocycles. The fourth-order valence-corrected chi connectivity index (χ4v) is 4.77. The molecule has 0 unspecified atom stereocenters. The third kappa shape index (κ3) is 2.61. The number of nitrogens with zero attached hydrogens (tertiary/aromatic N) is 2. The zero-order chi connectivity index (χ0) is 15.0. The van der Waals surface area contributed by atoms with Gasteiger partial charge in [0.05, 0.1) is 12.7 Å². The number of benzene rings is 1. The highest BCUT2D eigenvalue weighted by molar-refractivity contribution is 7.89. The number of hydrogen-bond acceptors (Lipinski definition) is 4. The SMILES string of the molecule is N#CC1CCN(S(=O)(=O)c2cc(Cl)cc3c2OCC3)CC1. The number of nitriles is 1. The summed E-state index contributed by atoms with van der Waals surface area (Å²) in [5.74, 6) is 0.375. The molecule has 0 aliphatic carbocycles. The van der Waals surface area contributed by atoms with E-state index in [2.05, 4.69) is 6.07 Å². The van der Waals surface area contributed by atoms with Crippen LogP contribution < -0.4 is 4.74 Å². The van der Waals surface area contributed by atoms with Crippen LogP contribution in [0.5, 0.6) is 5.75 Å². The first kappa shape index (κ1) is 14.6. The monoisotopic (exact) mass is 326 g/mol. The maximum absolute atomic E-state index is 12.8. The number of hydrogen-bond donors (Lipinski definition) is 0. The van der Waals surface area contributed by atoms with Crippen LogP contribution in [0.15, 0.2) is 17.0 Å². The summed E-state index contributed by atoms with van der Waals surface area (Å²) < 4.78 is 32.5. The van der Waals surface area contributed by atoms with Crippen molar-refractivity contribution in [2.75, 3.05) is 19.7 Å². The lowest BCUT2D eigenvalue weighted by Gasteiger charge is -2.28. The average Bonchev–Trinajstić information content (AvgIpc) is 2.94. The molecule has 0 bridgehead atoms. The van der Waals surface area contributed by atoms with Crippen LogP contribution in [0.3, 0.4) is 0 Å². The Morgan fingerprint density at radius 1 is 1.33 bits per heavy atom. The summed E-state index contributed by atoms with van der Waals surface area (Å²) in [6.45, 7) is 1.21. The summed E-state index contributed by atoms with van der Waals surface area (Å²) in [5, 5.41) is 9.31. The lowest BCUT2D eigenvalue weighted by atomic mass is 10.0. The molecule has 0 atom stereocenters. The first-order valence-electron chi connectivity index (χ1n) is 6.87. The number of rotatable bonds is 2. The summed E-state index contributed by atoms with van der Waals surface area (Å²) in [6.07, 6.45) is 1.81. The molecule has 1 aromatic carbocycles. The standard InChI is InChI=1S/C14H15ClN2O3S/c15-12-7-11-3-6-20-14(11)13(8-12)21(18,19)17-4-1-10(9-16)2-5-17/h7-8,10H,1-6H2. The van der Waals surface area contributed by atoms with Gasteiger partial charge in [0, 0.05) is 36.0 Å². The minimum Gasteiger partial charge on any atom is -0.492 e. The van der Waals surface area contributed by atoms with E-state index in [0.29, 0.717) is 49.7 Å². The number of halogens is 1. The van der Waals surface area contributed by atoms with Crippen molar-refractivity contribution in [3.63, 3.8) is 0 Å². The van der Waals surface area contributed by atoms with Crippen LogP contribution >= 0.6 is 11.6 Å². The smallest absolute Gasteiger partial charge is 0.246 e. The second-order valence-electron chi connectivity index (χ2n) is 5.30. The summed E-state index contributed by atoms with van der Waals surface area (Å²) in [6, 6.07) is 5.41. The Morgan fingerprint density at radius 3 is 2.71 bits per heavy atom. The van der Waals surface area contributed by atoms with Gasteiger partial charge >= 0.3 is 0 Å². The second-order valence-corrected chi connectivity index (χ2v) is 7.64. The molecule has 21 heavy (non-hydrogen) atoms. The van der Waals surface area contributed by atoms with Gasteiger partial charge in [-0.2, -0.15) is 9.57 Å². The van der Waals surface area contributed by atoms with Crippen molar-refractivity contribution in [3.05, 3.63) is 22.7 Å². The van der Waals surface area contributed by atoms with E-state index in [9.17, 15) is 8.42 Å². The van der Waals surface area contributed by atoms with Gasteiger partial charge < -0.3 is 4.74 Å². The van der Waals surface area contributed by atoms with Crippen molar-refractivity contribution in [1.82, 2.24) is 4.31 Å². The molecule has 7 heteroatoms. The summed E-state index contributed by atoms with van der Waals surface area (Å²) in [4.78, 5) is 0.151. The minimum atomic E-state index is -3.63. The predicted octanol–water partition coefficient (Wildman–Crippen LogP) is 2.20. The normalized spacial score (nSPS) is 19.8. The second kappa shape index (κ2) is 5.48. The van der Waals surface area contributed by atoms with Crippen molar-refractivity contribution in [2.24, 2.45) is 5.92 Å². The molecule has 2 heterocycles. The Kier molecular flexibility index (Phi) is 3.82. The van der Waals surface area contributed by atoms with Crippen LogP contribution in [-0.2, 0) is 16.4 Å². The Balaban J connectivity index is 1.95. The minimum absolute atomic E-state index is 0.0576. The van der Waals surface area contributed by atoms with Crippen LogP contribution in [-0.4, -0.2) is 32.4 Å². The molecule has 0 radical (unpaired) electrons. The molecular weight excluding hydrogens is 312 g/mol. The molecule has 0 N–H and O–H groups in total. The fourth-order valence-electron chi connectivity index (χ4n) is 2.79. The number of piperidine rings is 1. The van der Waals surface area contributed by atoms with Crippen LogP contribution in [0.25, 0.3) is 0 Å². The molecule has 0 amide bonds. The van der Waals surface area contributed by atoms with Gasteiger partial charge in [-0.3, -0.25) is 0 Å². The maximum atomic E-state index is 12.8. The Morgan fingerprint density at radius 2 is 2.05 bits per heavy atom. The zero-order valence-electron chi connectivity index (χ0n) is 11.4. The maximum Gasteiger partial charge on any atom is 0.246 e. The molecule has 112 valence electrons. The molecule has 2 aliphatic rings. The van der Waals surface area contributed by atoms with Gasteiger partial charge in [-0.1, -0.05) is 11.6 Å². The van der Waals surface area contributed by atoms with E-state index >= 15 is 0 Å². The van der Waals surface area contributed by atoms with Gasteiger partial charge in [-0.15, -0.1) is 0 Å². The Bertz CT molecular complexity index is 704. The highest BCUT2D eigenvalue weighted by Gasteiger charge is 2.33.